The van der Waals surface area contributed by atoms with E-state index in [1.54, 1.807) is 38.3 Å². The van der Waals surface area contributed by atoms with Crippen molar-refractivity contribution < 1.29 is 19.1 Å². The van der Waals surface area contributed by atoms with Gasteiger partial charge in [-0.05, 0) is 56.7 Å². The lowest BCUT2D eigenvalue weighted by Crippen LogP contribution is -2.32. The van der Waals surface area contributed by atoms with E-state index in [2.05, 4.69) is 16.7 Å². The van der Waals surface area contributed by atoms with Crippen LogP contribution in [0.5, 0.6) is 5.75 Å². The molecule has 3 rings (SSSR count). The normalized spacial score (nSPS) is 13.6. The average molecular weight is 442 g/mol. The van der Waals surface area contributed by atoms with Gasteiger partial charge in [0.15, 0.2) is 6.10 Å². The SMILES string of the molecule is COCCCNC(=O)c1c(NC(=O)C(C)Oc2ccccc2C#N)sc2c1CCCC2. The smallest absolute Gasteiger partial charge is 0.265 e. The lowest BCUT2D eigenvalue weighted by atomic mass is 9.95. The summed E-state index contributed by atoms with van der Waals surface area (Å²) >= 11 is 1.47. The maximum Gasteiger partial charge on any atom is 0.265 e. The third kappa shape index (κ3) is 5.63. The Morgan fingerprint density at radius 1 is 1.26 bits per heavy atom. The maximum atomic E-state index is 12.9. The number of rotatable bonds is 9. The van der Waals surface area contributed by atoms with Gasteiger partial charge in [-0.3, -0.25) is 9.59 Å². The number of nitrogens with zero attached hydrogens (tertiary/aromatic N) is 1. The zero-order valence-corrected chi connectivity index (χ0v) is 18.6. The molecule has 31 heavy (non-hydrogen) atoms. The molecule has 2 amide bonds. The molecule has 164 valence electrons. The second-order valence-electron chi connectivity index (χ2n) is 7.37. The van der Waals surface area contributed by atoms with Gasteiger partial charge in [-0.25, -0.2) is 0 Å². The largest absolute Gasteiger partial charge is 0.480 e. The molecular weight excluding hydrogens is 414 g/mol. The first-order valence-electron chi connectivity index (χ1n) is 10.4. The van der Waals surface area contributed by atoms with Gasteiger partial charge in [0.05, 0.1) is 11.1 Å². The van der Waals surface area contributed by atoms with E-state index in [1.165, 1.54) is 11.3 Å². The van der Waals surface area contributed by atoms with Crippen molar-refractivity contribution in [1.82, 2.24) is 5.32 Å². The van der Waals surface area contributed by atoms with E-state index in [9.17, 15) is 14.9 Å². The van der Waals surface area contributed by atoms with Crippen LogP contribution in [0.1, 0.15) is 52.5 Å². The number of hydrogen-bond acceptors (Lipinski definition) is 6. The van der Waals surface area contributed by atoms with Gasteiger partial charge in [-0.2, -0.15) is 5.26 Å². The molecule has 2 N–H and O–H groups in total. The highest BCUT2D eigenvalue weighted by atomic mass is 32.1. The van der Waals surface area contributed by atoms with Crippen LogP contribution < -0.4 is 15.4 Å². The van der Waals surface area contributed by atoms with Crippen LogP contribution in [-0.4, -0.2) is 38.2 Å². The Bertz CT molecular complexity index is 980. The van der Waals surface area contributed by atoms with E-state index in [-0.39, 0.29) is 11.8 Å². The molecule has 1 heterocycles. The summed E-state index contributed by atoms with van der Waals surface area (Å²) in [5.41, 5.74) is 1.97. The number of hydrogen-bond donors (Lipinski definition) is 2. The number of nitriles is 1. The predicted octanol–water partition coefficient (Wildman–Crippen LogP) is 3.67. The molecule has 0 fully saturated rings. The number of nitrogens with one attached hydrogen (secondary N) is 2. The number of anilines is 1. The van der Waals surface area contributed by atoms with Crippen LogP contribution in [0.2, 0.25) is 0 Å². The van der Waals surface area contributed by atoms with Crippen LogP contribution in [0.4, 0.5) is 5.00 Å². The number of aryl methyl sites for hydroxylation is 1. The van der Waals surface area contributed by atoms with Crippen LogP contribution >= 0.6 is 11.3 Å². The maximum absolute atomic E-state index is 12.9. The average Bonchev–Trinajstić information content (AvgIpc) is 3.14. The van der Waals surface area contributed by atoms with E-state index >= 15 is 0 Å². The number of methoxy groups -OCH3 is 1. The molecule has 0 saturated carbocycles. The molecule has 0 radical (unpaired) electrons. The van der Waals surface area contributed by atoms with Crippen molar-refractivity contribution in [2.75, 3.05) is 25.6 Å². The zero-order chi connectivity index (χ0) is 22.2. The molecule has 2 aromatic rings. The van der Waals surface area contributed by atoms with Crippen molar-refractivity contribution in [2.45, 2.75) is 45.1 Å². The Kier molecular flexibility index (Phi) is 8.04. The van der Waals surface area contributed by atoms with Gasteiger partial charge in [0.2, 0.25) is 0 Å². The van der Waals surface area contributed by atoms with Gasteiger partial charge in [0.1, 0.15) is 16.8 Å². The van der Waals surface area contributed by atoms with Crippen LogP contribution in [0.3, 0.4) is 0 Å². The Labute approximate surface area is 186 Å². The first-order valence-corrected chi connectivity index (χ1v) is 11.2. The summed E-state index contributed by atoms with van der Waals surface area (Å²) in [6.07, 6.45) is 3.77. The Balaban J connectivity index is 1.75. The van der Waals surface area contributed by atoms with Crippen molar-refractivity contribution in [1.29, 1.82) is 5.26 Å². The minimum atomic E-state index is -0.828. The molecule has 1 unspecified atom stereocenters. The molecule has 1 aromatic heterocycles. The number of carbonyl (C=O) groups is 2. The summed E-state index contributed by atoms with van der Waals surface area (Å²) in [7, 11) is 1.63. The van der Waals surface area contributed by atoms with Crippen LogP contribution in [0, 0.1) is 11.3 Å². The first-order chi connectivity index (χ1) is 15.0. The fourth-order valence-electron chi connectivity index (χ4n) is 3.52. The summed E-state index contributed by atoms with van der Waals surface area (Å²) in [5, 5.41) is 15.6. The topological polar surface area (TPSA) is 100 Å². The standard InChI is InChI=1S/C23H27N3O4S/c1-15(30-18-10-5-3-8-16(18)14-24)21(27)26-23-20(22(28)25-12-7-13-29-2)17-9-4-6-11-19(17)31-23/h3,5,8,10,15H,4,6-7,9,11-13H2,1-2H3,(H,25,28)(H,26,27). The van der Waals surface area contributed by atoms with Crippen molar-refractivity contribution >= 4 is 28.2 Å². The van der Waals surface area contributed by atoms with E-state index in [1.807, 2.05) is 0 Å². The highest BCUT2D eigenvalue weighted by molar-refractivity contribution is 7.17. The Hall–Kier alpha value is -2.89. The van der Waals surface area contributed by atoms with Crippen molar-refractivity contribution in [3.05, 3.63) is 45.8 Å². The molecule has 0 bridgehead atoms. The Morgan fingerprint density at radius 2 is 2.03 bits per heavy atom. The van der Waals surface area contributed by atoms with Gasteiger partial charge in [0, 0.05) is 25.1 Å². The van der Waals surface area contributed by atoms with Gasteiger partial charge in [0.25, 0.3) is 11.8 Å². The summed E-state index contributed by atoms with van der Waals surface area (Å²) in [4.78, 5) is 26.9. The van der Waals surface area contributed by atoms with Crippen LogP contribution in [0.15, 0.2) is 24.3 Å². The molecule has 8 heteroatoms. The molecule has 1 aromatic carbocycles. The third-order valence-corrected chi connectivity index (χ3v) is 6.33. The highest BCUT2D eigenvalue weighted by Crippen LogP contribution is 2.38. The fraction of sp³-hybridized carbons (Fsp3) is 0.435. The lowest BCUT2D eigenvalue weighted by molar-refractivity contribution is -0.122. The minimum absolute atomic E-state index is 0.172. The molecule has 0 saturated heterocycles. The summed E-state index contributed by atoms with van der Waals surface area (Å²) in [6, 6.07) is 8.84. The molecule has 1 aliphatic carbocycles. The van der Waals surface area contributed by atoms with E-state index in [4.69, 9.17) is 9.47 Å². The minimum Gasteiger partial charge on any atom is -0.480 e. The molecule has 0 aliphatic heterocycles. The van der Waals surface area contributed by atoms with Crippen molar-refractivity contribution in [3.8, 4) is 11.8 Å². The fourth-order valence-corrected chi connectivity index (χ4v) is 4.81. The summed E-state index contributed by atoms with van der Waals surface area (Å²) in [5.74, 6) is -0.178. The van der Waals surface area contributed by atoms with Gasteiger partial charge >= 0.3 is 0 Å². The second-order valence-corrected chi connectivity index (χ2v) is 8.48. The number of fused-ring (bicyclic) bond motifs is 1. The molecular formula is C23H27N3O4S. The van der Waals surface area contributed by atoms with Crippen LogP contribution in [0.25, 0.3) is 0 Å². The number of para-hydroxylation sites is 1. The molecule has 1 aliphatic rings. The van der Waals surface area contributed by atoms with E-state index in [0.29, 0.717) is 35.0 Å². The van der Waals surface area contributed by atoms with Crippen molar-refractivity contribution in [3.63, 3.8) is 0 Å². The second kappa shape index (κ2) is 10.9. The third-order valence-electron chi connectivity index (χ3n) is 5.13. The number of ether oxygens (including phenoxy) is 2. The summed E-state index contributed by atoms with van der Waals surface area (Å²) < 4.78 is 10.8. The molecule has 1 atom stereocenters. The first kappa shape index (κ1) is 22.8. The van der Waals surface area contributed by atoms with Crippen molar-refractivity contribution in [2.24, 2.45) is 0 Å². The number of amides is 2. The van der Waals surface area contributed by atoms with Gasteiger partial charge in [-0.15, -0.1) is 11.3 Å². The monoisotopic (exact) mass is 441 g/mol. The highest BCUT2D eigenvalue weighted by Gasteiger charge is 2.27. The number of carbonyl (C=O) groups excluding carboxylic acids is 2. The quantitative estimate of drug-likeness (QED) is 0.578. The number of benzene rings is 1. The molecule has 7 nitrogen and oxygen atoms in total. The lowest BCUT2D eigenvalue weighted by Gasteiger charge is -2.16. The molecule has 0 spiro atoms. The Morgan fingerprint density at radius 3 is 2.81 bits per heavy atom. The zero-order valence-electron chi connectivity index (χ0n) is 17.8. The number of thiophene rings is 1. The van der Waals surface area contributed by atoms with E-state index < -0.39 is 6.10 Å². The summed E-state index contributed by atoms with van der Waals surface area (Å²) in [6.45, 7) is 2.71. The predicted molar refractivity (Wildman–Crippen MR) is 120 cm³/mol. The van der Waals surface area contributed by atoms with E-state index in [0.717, 1.165) is 42.5 Å². The van der Waals surface area contributed by atoms with Gasteiger partial charge in [-0.1, -0.05) is 12.1 Å². The van der Waals surface area contributed by atoms with Gasteiger partial charge < -0.3 is 20.1 Å². The van der Waals surface area contributed by atoms with Crippen LogP contribution in [-0.2, 0) is 22.4 Å².